The van der Waals surface area contributed by atoms with Gasteiger partial charge in [-0.15, -0.1) is 11.3 Å². The van der Waals surface area contributed by atoms with Gasteiger partial charge in [0.1, 0.15) is 5.75 Å². The van der Waals surface area contributed by atoms with E-state index in [1.807, 2.05) is 19.1 Å². The van der Waals surface area contributed by atoms with Crippen LogP contribution in [0.25, 0.3) is 0 Å². The summed E-state index contributed by atoms with van der Waals surface area (Å²) in [5, 5.41) is 12.6. The van der Waals surface area contributed by atoms with Crippen molar-refractivity contribution in [3.05, 3.63) is 44.6 Å². The molecule has 0 saturated heterocycles. The van der Waals surface area contributed by atoms with Gasteiger partial charge in [-0.2, -0.15) is 0 Å². The quantitative estimate of drug-likeness (QED) is 0.839. The van der Waals surface area contributed by atoms with Crippen molar-refractivity contribution in [3.8, 4) is 5.75 Å². The Morgan fingerprint density at radius 1 is 1.29 bits per heavy atom. The summed E-state index contributed by atoms with van der Waals surface area (Å²) in [5.41, 5.74) is 1.81. The van der Waals surface area contributed by atoms with Crippen LogP contribution in [0.15, 0.2) is 30.3 Å². The van der Waals surface area contributed by atoms with Crippen LogP contribution in [-0.2, 0) is 0 Å². The average Bonchev–Trinajstić information content (AvgIpc) is 2.58. The van der Waals surface area contributed by atoms with E-state index in [0.29, 0.717) is 8.67 Å². The van der Waals surface area contributed by atoms with Gasteiger partial charge < -0.3 is 10.4 Å². The lowest BCUT2D eigenvalue weighted by atomic mass is 10.1. The third-order valence-corrected chi connectivity index (χ3v) is 3.90. The van der Waals surface area contributed by atoms with Crippen LogP contribution in [0.2, 0.25) is 8.67 Å². The monoisotopic (exact) mass is 287 g/mol. The number of benzene rings is 1. The van der Waals surface area contributed by atoms with Crippen molar-refractivity contribution in [2.75, 3.05) is 5.32 Å². The van der Waals surface area contributed by atoms with Crippen molar-refractivity contribution >= 4 is 40.2 Å². The molecule has 90 valence electrons. The molecule has 0 amide bonds. The van der Waals surface area contributed by atoms with E-state index in [0.717, 1.165) is 11.3 Å². The molecular formula is C12H11Cl2NOS. The zero-order valence-electron chi connectivity index (χ0n) is 9.08. The normalized spacial score (nSPS) is 12.4. The van der Waals surface area contributed by atoms with Crippen LogP contribution in [0.3, 0.4) is 0 Å². The molecule has 2 rings (SSSR count). The minimum absolute atomic E-state index is 0.0352. The Balaban J connectivity index is 2.16. The molecule has 0 aliphatic rings. The van der Waals surface area contributed by atoms with E-state index < -0.39 is 0 Å². The van der Waals surface area contributed by atoms with Crippen molar-refractivity contribution in [2.24, 2.45) is 0 Å². The van der Waals surface area contributed by atoms with E-state index in [1.165, 1.54) is 11.3 Å². The molecule has 1 unspecified atom stereocenters. The zero-order valence-corrected chi connectivity index (χ0v) is 11.4. The molecule has 2 nitrogen and oxygen atoms in total. The fourth-order valence-corrected chi connectivity index (χ4v) is 3.22. The number of nitrogens with one attached hydrogen (secondary N) is 1. The van der Waals surface area contributed by atoms with Crippen molar-refractivity contribution in [3.63, 3.8) is 0 Å². The molecule has 0 saturated carbocycles. The highest BCUT2D eigenvalue weighted by molar-refractivity contribution is 7.20. The van der Waals surface area contributed by atoms with Gasteiger partial charge >= 0.3 is 0 Å². The summed E-state index contributed by atoms with van der Waals surface area (Å²) in [4.78, 5) is 0. The second-order valence-corrected chi connectivity index (χ2v) is 5.98. The fraction of sp³-hybridized carbons (Fsp3) is 0.167. The number of aromatic hydroxyl groups is 1. The molecule has 0 fully saturated rings. The van der Waals surface area contributed by atoms with Gasteiger partial charge in [-0.05, 0) is 25.1 Å². The molecule has 17 heavy (non-hydrogen) atoms. The summed E-state index contributed by atoms with van der Waals surface area (Å²) in [5.74, 6) is 0.233. The Bertz CT molecular complexity index is 527. The van der Waals surface area contributed by atoms with Crippen LogP contribution in [0.4, 0.5) is 5.69 Å². The number of anilines is 1. The molecule has 5 heteroatoms. The minimum atomic E-state index is 0.0352. The summed E-state index contributed by atoms with van der Waals surface area (Å²) in [6, 6.07) is 8.86. The Labute approximate surface area is 114 Å². The highest BCUT2D eigenvalue weighted by Gasteiger charge is 2.13. The predicted molar refractivity (Wildman–Crippen MR) is 74.5 cm³/mol. The van der Waals surface area contributed by atoms with Crippen LogP contribution in [0.1, 0.15) is 18.5 Å². The first-order valence-electron chi connectivity index (χ1n) is 5.06. The topological polar surface area (TPSA) is 32.3 Å². The lowest BCUT2D eigenvalue weighted by Gasteiger charge is -2.14. The van der Waals surface area contributed by atoms with Crippen molar-refractivity contribution in [2.45, 2.75) is 13.0 Å². The first-order chi connectivity index (χ1) is 8.06. The van der Waals surface area contributed by atoms with Crippen LogP contribution < -0.4 is 5.32 Å². The maximum Gasteiger partial charge on any atom is 0.117 e. The molecule has 1 atom stereocenters. The lowest BCUT2D eigenvalue weighted by Crippen LogP contribution is -2.05. The number of halogens is 2. The summed E-state index contributed by atoms with van der Waals surface area (Å²) in [7, 11) is 0. The van der Waals surface area contributed by atoms with Crippen LogP contribution in [0, 0.1) is 0 Å². The summed E-state index contributed by atoms with van der Waals surface area (Å²) in [6.07, 6.45) is 0. The molecule has 1 heterocycles. The second-order valence-electron chi connectivity index (χ2n) is 3.70. The molecule has 1 aromatic heterocycles. The first-order valence-corrected chi connectivity index (χ1v) is 6.64. The van der Waals surface area contributed by atoms with Gasteiger partial charge in [0.15, 0.2) is 0 Å². The van der Waals surface area contributed by atoms with E-state index in [4.69, 9.17) is 23.2 Å². The number of thiophene rings is 1. The van der Waals surface area contributed by atoms with Crippen LogP contribution in [-0.4, -0.2) is 5.11 Å². The van der Waals surface area contributed by atoms with E-state index in [9.17, 15) is 5.11 Å². The van der Waals surface area contributed by atoms with Gasteiger partial charge in [0.25, 0.3) is 0 Å². The Kier molecular flexibility index (Phi) is 3.82. The molecular weight excluding hydrogens is 277 g/mol. The molecule has 2 N–H and O–H groups in total. The largest absolute Gasteiger partial charge is 0.508 e. The van der Waals surface area contributed by atoms with Gasteiger partial charge in [-0.25, -0.2) is 0 Å². The smallest absolute Gasteiger partial charge is 0.117 e. The van der Waals surface area contributed by atoms with E-state index in [-0.39, 0.29) is 11.8 Å². The van der Waals surface area contributed by atoms with Gasteiger partial charge in [-0.3, -0.25) is 0 Å². The molecule has 0 bridgehead atoms. The van der Waals surface area contributed by atoms with Crippen molar-refractivity contribution in [1.29, 1.82) is 0 Å². The van der Waals surface area contributed by atoms with Crippen molar-refractivity contribution < 1.29 is 5.11 Å². The van der Waals surface area contributed by atoms with Crippen LogP contribution in [0.5, 0.6) is 5.75 Å². The Morgan fingerprint density at radius 3 is 2.65 bits per heavy atom. The number of hydrogen-bond donors (Lipinski definition) is 2. The van der Waals surface area contributed by atoms with Gasteiger partial charge in [0.05, 0.1) is 14.7 Å². The Hall–Kier alpha value is -0.900. The van der Waals surface area contributed by atoms with E-state index in [1.54, 1.807) is 18.2 Å². The number of phenols is 1. The average molecular weight is 288 g/mol. The van der Waals surface area contributed by atoms with Gasteiger partial charge in [0, 0.05) is 17.3 Å². The van der Waals surface area contributed by atoms with Gasteiger partial charge in [0.2, 0.25) is 0 Å². The summed E-state index contributed by atoms with van der Waals surface area (Å²) in [6.45, 7) is 1.99. The summed E-state index contributed by atoms with van der Waals surface area (Å²) < 4.78 is 1.37. The molecule has 1 aromatic carbocycles. The molecule has 0 aliphatic carbocycles. The van der Waals surface area contributed by atoms with Crippen LogP contribution >= 0.6 is 34.5 Å². The molecule has 0 aliphatic heterocycles. The number of rotatable bonds is 3. The highest BCUT2D eigenvalue weighted by Crippen LogP contribution is 2.36. The van der Waals surface area contributed by atoms with E-state index >= 15 is 0 Å². The number of phenolic OH excluding ortho intramolecular Hbond substituents is 1. The molecule has 2 aromatic rings. The zero-order chi connectivity index (χ0) is 12.4. The molecule has 0 spiro atoms. The fourth-order valence-electron chi connectivity index (χ4n) is 1.57. The molecule has 0 radical (unpaired) electrons. The third-order valence-electron chi connectivity index (χ3n) is 2.38. The Morgan fingerprint density at radius 2 is 2.06 bits per heavy atom. The van der Waals surface area contributed by atoms with Crippen molar-refractivity contribution in [1.82, 2.24) is 0 Å². The lowest BCUT2D eigenvalue weighted by molar-refractivity contribution is 0.475. The maximum atomic E-state index is 9.37. The summed E-state index contributed by atoms with van der Waals surface area (Å²) >= 11 is 13.3. The maximum absolute atomic E-state index is 9.37. The first kappa shape index (κ1) is 12.6. The number of hydrogen-bond acceptors (Lipinski definition) is 3. The minimum Gasteiger partial charge on any atom is -0.508 e. The highest BCUT2D eigenvalue weighted by atomic mass is 35.5. The van der Waals surface area contributed by atoms with Gasteiger partial charge in [-0.1, -0.05) is 29.3 Å². The second kappa shape index (κ2) is 5.17. The SMILES string of the molecule is CC(Nc1cccc(O)c1)c1cc(Cl)sc1Cl. The third kappa shape index (κ3) is 3.06. The predicted octanol–water partition coefficient (Wildman–Crippen LogP) is 4.93. The van der Waals surface area contributed by atoms with E-state index in [2.05, 4.69) is 5.32 Å². The standard InChI is InChI=1S/C12H11Cl2NOS/c1-7(10-6-11(13)17-12(10)14)15-8-3-2-4-9(16)5-8/h2-7,15-16H,1H3.